The van der Waals surface area contributed by atoms with Gasteiger partial charge in [0.25, 0.3) is 0 Å². The third kappa shape index (κ3) is 3.39. The van der Waals surface area contributed by atoms with Crippen LogP contribution in [0.15, 0.2) is 30.6 Å². The zero-order chi connectivity index (χ0) is 18.8. The number of aryl methyl sites for hydroxylation is 1. The first-order valence-electron chi connectivity index (χ1n) is 8.19. The van der Waals surface area contributed by atoms with Crippen LogP contribution in [0, 0.1) is 6.92 Å². The standard InChI is InChI=1S/C18H22N6O2/c1-10(2)12-7-15(25-4)13(24-6-5-11(3)23-24)8-14(12)26-16-9-21-18(20)22-17(16)19/h5-10H,1-4H3,(H4,19,20,21,22). The monoisotopic (exact) mass is 354 g/mol. The van der Waals surface area contributed by atoms with Crippen molar-refractivity contribution in [3.63, 3.8) is 0 Å². The van der Waals surface area contributed by atoms with Crippen LogP contribution < -0.4 is 20.9 Å². The van der Waals surface area contributed by atoms with Crippen LogP contribution >= 0.6 is 0 Å². The van der Waals surface area contributed by atoms with Crippen molar-refractivity contribution in [3.8, 4) is 22.9 Å². The highest BCUT2D eigenvalue weighted by Crippen LogP contribution is 2.38. The lowest BCUT2D eigenvalue weighted by Crippen LogP contribution is -2.05. The molecule has 1 aromatic carbocycles. The molecule has 0 spiro atoms. The normalized spacial score (nSPS) is 11.0. The number of nitrogens with two attached hydrogens (primary N) is 2. The second kappa shape index (κ2) is 6.91. The number of rotatable bonds is 5. The Labute approximate surface area is 151 Å². The van der Waals surface area contributed by atoms with Crippen molar-refractivity contribution >= 4 is 11.8 Å². The third-order valence-corrected chi connectivity index (χ3v) is 3.92. The van der Waals surface area contributed by atoms with E-state index in [1.807, 2.05) is 31.3 Å². The Kier molecular flexibility index (Phi) is 4.66. The number of ether oxygens (including phenoxy) is 2. The molecule has 0 atom stereocenters. The topological polar surface area (TPSA) is 114 Å². The molecule has 2 aromatic heterocycles. The Bertz CT molecular complexity index is 935. The van der Waals surface area contributed by atoms with Crippen molar-refractivity contribution in [2.75, 3.05) is 18.6 Å². The van der Waals surface area contributed by atoms with Crippen molar-refractivity contribution in [1.82, 2.24) is 19.7 Å². The van der Waals surface area contributed by atoms with Gasteiger partial charge in [-0.2, -0.15) is 10.1 Å². The van der Waals surface area contributed by atoms with Gasteiger partial charge in [-0.1, -0.05) is 13.8 Å². The molecule has 0 aliphatic carbocycles. The van der Waals surface area contributed by atoms with E-state index >= 15 is 0 Å². The van der Waals surface area contributed by atoms with Gasteiger partial charge in [-0.05, 0) is 25.0 Å². The summed E-state index contributed by atoms with van der Waals surface area (Å²) in [7, 11) is 1.63. The largest absolute Gasteiger partial charge is 0.494 e. The number of hydrogen-bond acceptors (Lipinski definition) is 7. The molecule has 2 heterocycles. The van der Waals surface area contributed by atoms with Gasteiger partial charge in [0.2, 0.25) is 5.95 Å². The van der Waals surface area contributed by atoms with Crippen molar-refractivity contribution < 1.29 is 9.47 Å². The number of benzene rings is 1. The summed E-state index contributed by atoms with van der Waals surface area (Å²) in [5.74, 6) is 2.15. The van der Waals surface area contributed by atoms with Crippen LogP contribution in [0.2, 0.25) is 0 Å². The Balaban J connectivity index is 2.12. The minimum Gasteiger partial charge on any atom is -0.494 e. The van der Waals surface area contributed by atoms with E-state index in [2.05, 4.69) is 28.9 Å². The summed E-state index contributed by atoms with van der Waals surface area (Å²) in [5, 5.41) is 4.46. The van der Waals surface area contributed by atoms with Crippen molar-refractivity contribution in [2.45, 2.75) is 26.7 Å². The molecule has 0 bridgehead atoms. The van der Waals surface area contributed by atoms with Gasteiger partial charge in [-0.25, -0.2) is 9.67 Å². The van der Waals surface area contributed by atoms with Crippen LogP contribution in [0.1, 0.15) is 31.0 Å². The minimum absolute atomic E-state index is 0.0985. The summed E-state index contributed by atoms with van der Waals surface area (Å²) in [5.41, 5.74) is 14.1. The Morgan fingerprint density at radius 3 is 2.46 bits per heavy atom. The van der Waals surface area contributed by atoms with Crippen LogP contribution in [-0.2, 0) is 0 Å². The van der Waals surface area contributed by atoms with E-state index in [9.17, 15) is 0 Å². The molecule has 0 radical (unpaired) electrons. The fourth-order valence-electron chi connectivity index (χ4n) is 2.59. The predicted molar refractivity (Wildman–Crippen MR) is 99.9 cm³/mol. The molecule has 3 aromatic rings. The van der Waals surface area contributed by atoms with Gasteiger partial charge in [-0.15, -0.1) is 0 Å². The Morgan fingerprint density at radius 1 is 1.12 bits per heavy atom. The van der Waals surface area contributed by atoms with Gasteiger partial charge in [-0.3, -0.25) is 0 Å². The van der Waals surface area contributed by atoms with Crippen molar-refractivity contribution in [1.29, 1.82) is 0 Å². The number of nitrogen functional groups attached to an aromatic ring is 2. The van der Waals surface area contributed by atoms with E-state index < -0.39 is 0 Å². The molecular weight excluding hydrogens is 332 g/mol. The predicted octanol–water partition coefficient (Wildman–Crippen LogP) is 3.06. The van der Waals surface area contributed by atoms with Crippen molar-refractivity contribution in [3.05, 3.63) is 41.9 Å². The summed E-state index contributed by atoms with van der Waals surface area (Å²) in [4.78, 5) is 7.89. The summed E-state index contributed by atoms with van der Waals surface area (Å²) in [6, 6.07) is 5.74. The van der Waals surface area contributed by atoms with Crippen LogP contribution in [0.3, 0.4) is 0 Å². The second-order valence-corrected chi connectivity index (χ2v) is 6.20. The van der Waals surface area contributed by atoms with Gasteiger partial charge in [0.05, 0.1) is 19.0 Å². The number of hydrogen-bond donors (Lipinski definition) is 2. The minimum atomic E-state index is 0.0985. The summed E-state index contributed by atoms with van der Waals surface area (Å²) >= 11 is 0. The average Bonchev–Trinajstić information content (AvgIpc) is 3.03. The molecule has 0 saturated heterocycles. The number of anilines is 2. The summed E-state index contributed by atoms with van der Waals surface area (Å²) in [6.45, 7) is 6.07. The van der Waals surface area contributed by atoms with Crippen molar-refractivity contribution in [2.24, 2.45) is 0 Å². The lowest BCUT2D eigenvalue weighted by molar-refractivity contribution is 0.407. The van der Waals surface area contributed by atoms with E-state index in [1.165, 1.54) is 6.20 Å². The molecule has 4 N–H and O–H groups in total. The molecule has 0 aliphatic rings. The second-order valence-electron chi connectivity index (χ2n) is 6.20. The maximum absolute atomic E-state index is 6.02. The van der Waals surface area contributed by atoms with Gasteiger partial charge in [0.15, 0.2) is 11.6 Å². The highest BCUT2D eigenvalue weighted by Gasteiger charge is 2.18. The van der Waals surface area contributed by atoms with Gasteiger partial charge < -0.3 is 20.9 Å². The molecule has 0 fully saturated rings. The third-order valence-electron chi connectivity index (χ3n) is 3.92. The van der Waals surface area contributed by atoms with E-state index in [0.717, 1.165) is 16.9 Å². The molecule has 26 heavy (non-hydrogen) atoms. The zero-order valence-corrected chi connectivity index (χ0v) is 15.2. The van der Waals surface area contributed by atoms with Crippen LogP contribution in [0.4, 0.5) is 11.8 Å². The molecule has 0 amide bonds. The smallest absolute Gasteiger partial charge is 0.222 e. The Morgan fingerprint density at radius 2 is 1.88 bits per heavy atom. The maximum Gasteiger partial charge on any atom is 0.222 e. The molecular formula is C18H22N6O2. The number of aromatic nitrogens is 4. The molecule has 8 nitrogen and oxygen atoms in total. The summed E-state index contributed by atoms with van der Waals surface area (Å²) in [6.07, 6.45) is 3.33. The SMILES string of the molecule is COc1cc(C(C)C)c(Oc2cnc(N)nc2N)cc1-n1ccc(C)n1. The first-order chi connectivity index (χ1) is 12.4. The number of methoxy groups -OCH3 is 1. The first-order valence-corrected chi connectivity index (χ1v) is 8.19. The zero-order valence-electron chi connectivity index (χ0n) is 15.2. The summed E-state index contributed by atoms with van der Waals surface area (Å²) < 4.78 is 13.3. The van der Waals surface area contributed by atoms with E-state index in [-0.39, 0.29) is 17.7 Å². The molecule has 0 aliphatic heterocycles. The van der Waals surface area contributed by atoms with Crippen LogP contribution in [-0.4, -0.2) is 26.9 Å². The molecule has 8 heteroatoms. The fourth-order valence-corrected chi connectivity index (χ4v) is 2.59. The lowest BCUT2D eigenvalue weighted by Gasteiger charge is -2.18. The quantitative estimate of drug-likeness (QED) is 0.723. The molecule has 136 valence electrons. The van der Waals surface area contributed by atoms with E-state index in [1.54, 1.807) is 11.8 Å². The van der Waals surface area contributed by atoms with Gasteiger partial charge in [0.1, 0.15) is 17.2 Å². The lowest BCUT2D eigenvalue weighted by atomic mass is 10.0. The average molecular weight is 354 g/mol. The van der Waals surface area contributed by atoms with Gasteiger partial charge >= 0.3 is 0 Å². The van der Waals surface area contributed by atoms with Crippen LogP contribution in [0.25, 0.3) is 5.69 Å². The van der Waals surface area contributed by atoms with E-state index in [0.29, 0.717) is 17.2 Å². The highest BCUT2D eigenvalue weighted by molar-refractivity contribution is 5.58. The Hall–Kier alpha value is -3.29. The maximum atomic E-state index is 6.02. The molecule has 3 rings (SSSR count). The van der Waals surface area contributed by atoms with E-state index in [4.69, 9.17) is 20.9 Å². The first kappa shape index (κ1) is 17.5. The fraction of sp³-hybridized carbons (Fsp3) is 0.278. The highest BCUT2D eigenvalue weighted by atomic mass is 16.5. The van der Waals surface area contributed by atoms with Crippen LogP contribution in [0.5, 0.6) is 17.2 Å². The number of nitrogens with zero attached hydrogens (tertiary/aromatic N) is 4. The van der Waals surface area contributed by atoms with Gasteiger partial charge in [0, 0.05) is 17.8 Å². The molecule has 0 unspecified atom stereocenters. The molecule has 0 saturated carbocycles.